The number of nitrogens with zero attached hydrogens (tertiary/aromatic N) is 4. The molecular weight excluding hydrogens is 713 g/mol. The number of benzene rings is 8. The number of hydrogen-bond donors (Lipinski definition) is 0. The van der Waals surface area contributed by atoms with Gasteiger partial charge >= 0.3 is 0 Å². The summed E-state index contributed by atoms with van der Waals surface area (Å²) in [6.45, 7) is 0. The van der Waals surface area contributed by atoms with Crippen molar-refractivity contribution in [1.29, 1.82) is 0 Å². The predicted octanol–water partition coefficient (Wildman–Crippen LogP) is 13.7. The first-order valence-corrected chi connectivity index (χ1v) is 19.4. The third kappa shape index (κ3) is 4.85. The second-order valence-corrected chi connectivity index (χ2v) is 14.5. The minimum absolute atomic E-state index is 0.595. The highest BCUT2D eigenvalue weighted by molar-refractivity contribution is 6.26. The van der Waals surface area contributed by atoms with E-state index in [0.29, 0.717) is 11.8 Å². The molecule has 0 amide bonds. The first-order valence-electron chi connectivity index (χ1n) is 19.4. The second kappa shape index (κ2) is 12.8. The smallest absolute Gasteiger partial charge is 0.227 e. The van der Waals surface area contributed by atoms with Crippen LogP contribution in [-0.4, -0.2) is 19.1 Å². The number of aromatic nitrogens is 4. The van der Waals surface area contributed by atoms with Gasteiger partial charge in [-0.05, 0) is 71.8 Å². The number of oxazole rings is 2. The van der Waals surface area contributed by atoms with E-state index in [0.717, 1.165) is 94.4 Å². The van der Waals surface area contributed by atoms with Crippen molar-refractivity contribution in [2.24, 2.45) is 0 Å². The van der Waals surface area contributed by atoms with Crippen LogP contribution < -0.4 is 0 Å². The molecule has 12 aromatic rings. The van der Waals surface area contributed by atoms with E-state index in [4.69, 9.17) is 18.8 Å². The molecule has 0 atom stereocenters. The van der Waals surface area contributed by atoms with Crippen LogP contribution in [-0.2, 0) is 0 Å². The third-order valence-corrected chi connectivity index (χ3v) is 11.2. The summed E-state index contributed by atoms with van der Waals surface area (Å²) in [5.74, 6) is 1.19. The van der Waals surface area contributed by atoms with Crippen LogP contribution in [0.4, 0.5) is 0 Å². The first-order chi connectivity index (χ1) is 28.8. The highest BCUT2D eigenvalue weighted by Gasteiger charge is 2.27. The Bertz CT molecular complexity index is 3220. The summed E-state index contributed by atoms with van der Waals surface area (Å²) in [6, 6.07) is 67.4. The van der Waals surface area contributed by atoms with E-state index in [2.05, 4.69) is 155 Å². The molecule has 8 aromatic carbocycles. The molecule has 0 bridgehead atoms. The summed E-state index contributed by atoms with van der Waals surface area (Å²) >= 11 is 0. The summed E-state index contributed by atoms with van der Waals surface area (Å²) in [6.07, 6.45) is 0. The molecule has 4 aromatic heterocycles. The Balaban J connectivity index is 1.21. The topological polar surface area (TPSA) is 61.9 Å². The summed E-state index contributed by atoms with van der Waals surface area (Å²) < 4.78 is 17.7. The largest absolute Gasteiger partial charge is 0.436 e. The van der Waals surface area contributed by atoms with Crippen molar-refractivity contribution in [3.63, 3.8) is 0 Å². The van der Waals surface area contributed by atoms with E-state index < -0.39 is 0 Å². The van der Waals surface area contributed by atoms with Crippen molar-refractivity contribution < 1.29 is 8.83 Å². The Morgan fingerprint density at radius 2 is 0.707 bits per heavy atom. The molecule has 0 aliphatic heterocycles. The maximum absolute atomic E-state index is 6.40. The van der Waals surface area contributed by atoms with Crippen LogP contribution in [0.1, 0.15) is 0 Å². The van der Waals surface area contributed by atoms with Crippen LogP contribution in [0.5, 0.6) is 0 Å². The molecular formula is C52H32N4O2. The van der Waals surface area contributed by atoms with Crippen LogP contribution in [0.3, 0.4) is 0 Å². The number of hydrogen-bond acceptors (Lipinski definition) is 4. The molecule has 6 heteroatoms. The minimum atomic E-state index is 0.595. The fourth-order valence-electron chi connectivity index (χ4n) is 8.77. The lowest BCUT2D eigenvalue weighted by Crippen LogP contribution is -2.03. The lowest BCUT2D eigenvalue weighted by Gasteiger charge is -2.17. The van der Waals surface area contributed by atoms with E-state index in [9.17, 15) is 0 Å². The Kier molecular flexibility index (Phi) is 7.13. The van der Waals surface area contributed by atoms with Crippen molar-refractivity contribution in [3.05, 3.63) is 194 Å². The third-order valence-electron chi connectivity index (χ3n) is 11.2. The van der Waals surface area contributed by atoms with Gasteiger partial charge in [0.25, 0.3) is 0 Å². The molecule has 0 saturated heterocycles. The quantitative estimate of drug-likeness (QED) is 0.170. The van der Waals surface area contributed by atoms with Crippen molar-refractivity contribution in [1.82, 2.24) is 19.1 Å². The van der Waals surface area contributed by atoms with Crippen molar-refractivity contribution in [2.75, 3.05) is 0 Å². The maximum Gasteiger partial charge on any atom is 0.227 e. The van der Waals surface area contributed by atoms with E-state index in [-0.39, 0.29) is 0 Å². The van der Waals surface area contributed by atoms with E-state index in [1.807, 2.05) is 48.5 Å². The number of fused-ring (bicyclic) bond motifs is 7. The molecule has 12 rings (SSSR count). The highest BCUT2D eigenvalue weighted by atomic mass is 16.4. The average Bonchev–Trinajstić information content (AvgIpc) is 4.07. The molecule has 6 nitrogen and oxygen atoms in total. The normalized spacial score (nSPS) is 11.8. The zero-order valence-electron chi connectivity index (χ0n) is 31.1. The van der Waals surface area contributed by atoms with Crippen LogP contribution in [0.2, 0.25) is 0 Å². The lowest BCUT2D eigenvalue weighted by atomic mass is 9.95. The molecule has 272 valence electrons. The number of rotatable bonds is 6. The summed E-state index contributed by atoms with van der Waals surface area (Å²) in [7, 11) is 0. The SMILES string of the molecule is c1ccc(-n2c3c(-c4ccccc4-c4nc5ccccc5o4)cccc3c3c4cccc(-c5ccccc5-c5nc6ccccc6o5)c4n(-c4ccccc4)c32)cc1. The molecule has 58 heavy (non-hydrogen) atoms. The van der Waals surface area contributed by atoms with Gasteiger partial charge in [0, 0.05) is 49.8 Å². The van der Waals surface area contributed by atoms with Gasteiger partial charge in [0.15, 0.2) is 11.2 Å². The van der Waals surface area contributed by atoms with Crippen molar-refractivity contribution in [3.8, 4) is 56.5 Å². The van der Waals surface area contributed by atoms with Gasteiger partial charge < -0.3 is 8.83 Å². The Morgan fingerprint density at radius 3 is 1.16 bits per heavy atom. The Labute approximate surface area is 332 Å². The molecule has 4 heterocycles. The monoisotopic (exact) mass is 744 g/mol. The van der Waals surface area contributed by atoms with E-state index in [1.54, 1.807) is 0 Å². The molecule has 0 radical (unpaired) electrons. The standard InChI is InChI=1S/C52H32N4O2/c1-3-17-33(18-4-1)55-48-37(35-21-7-9-23-39(35)50-53-43-29-11-13-31-45(43)57-50)25-15-27-41(48)47-42-28-16-26-38(49(42)56(52(47)55)34-19-5-2-6-20-34)36-22-8-10-24-40(36)51-54-44-30-12-14-32-46(44)58-51/h1-32H. The first kappa shape index (κ1) is 32.3. The zero-order valence-corrected chi connectivity index (χ0v) is 31.1. The van der Waals surface area contributed by atoms with Crippen LogP contribution in [0.25, 0.3) is 112 Å². The van der Waals surface area contributed by atoms with Crippen LogP contribution >= 0.6 is 0 Å². The molecule has 0 aliphatic carbocycles. The second-order valence-electron chi connectivity index (χ2n) is 14.5. The zero-order chi connectivity index (χ0) is 38.2. The van der Waals surface area contributed by atoms with Gasteiger partial charge in [-0.3, -0.25) is 9.13 Å². The molecule has 0 N–H and O–H groups in total. The van der Waals surface area contributed by atoms with E-state index in [1.165, 1.54) is 5.39 Å². The van der Waals surface area contributed by atoms with Crippen molar-refractivity contribution >= 4 is 55.0 Å². The fourth-order valence-corrected chi connectivity index (χ4v) is 8.77. The number of para-hydroxylation sites is 8. The van der Waals surface area contributed by atoms with Gasteiger partial charge in [-0.1, -0.05) is 133 Å². The maximum atomic E-state index is 6.40. The lowest BCUT2D eigenvalue weighted by molar-refractivity contribution is 0.619. The molecule has 0 spiro atoms. The molecule has 0 fully saturated rings. The summed E-state index contributed by atoms with van der Waals surface area (Å²) in [5.41, 5.74) is 14.7. The van der Waals surface area contributed by atoms with Gasteiger partial charge in [-0.25, -0.2) is 9.97 Å². The van der Waals surface area contributed by atoms with Crippen LogP contribution in [0, 0.1) is 0 Å². The van der Waals surface area contributed by atoms with Gasteiger partial charge in [0.05, 0.1) is 11.0 Å². The summed E-state index contributed by atoms with van der Waals surface area (Å²) in [5, 5.41) is 3.46. The Hall–Kier alpha value is -7.96. The predicted molar refractivity (Wildman–Crippen MR) is 234 cm³/mol. The van der Waals surface area contributed by atoms with Gasteiger partial charge in [0.1, 0.15) is 16.7 Å². The molecule has 0 unspecified atom stereocenters. The fraction of sp³-hybridized carbons (Fsp3) is 0. The minimum Gasteiger partial charge on any atom is -0.436 e. The van der Waals surface area contributed by atoms with Gasteiger partial charge in [0.2, 0.25) is 11.8 Å². The van der Waals surface area contributed by atoms with Crippen LogP contribution in [0.15, 0.2) is 203 Å². The summed E-state index contributed by atoms with van der Waals surface area (Å²) in [4.78, 5) is 9.90. The molecule has 0 aliphatic rings. The average molecular weight is 745 g/mol. The van der Waals surface area contributed by atoms with Gasteiger partial charge in [-0.2, -0.15) is 0 Å². The van der Waals surface area contributed by atoms with Gasteiger partial charge in [-0.15, -0.1) is 0 Å². The van der Waals surface area contributed by atoms with Crippen molar-refractivity contribution in [2.45, 2.75) is 0 Å². The Morgan fingerprint density at radius 1 is 0.328 bits per heavy atom. The van der Waals surface area contributed by atoms with E-state index >= 15 is 0 Å². The molecule has 0 saturated carbocycles. The highest BCUT2D eigenvalue weighted by Crippen LogP contribution is 2.48.